The molecule has 1 saturated heterocycles. The first-order chi connectivity index (χ1) is 12.4. The fraction of sp³-hybridized carbons (Fsp3) is 0.864. The first-order valence-corrected chi connectivity index (χ1v) is 10.7. The van der Waals surface area contributed by atoms with Gasteiger partial charge in [0.15, 0.2) is 0 Å². The second-order valence-electron chi connectivity index (χ2n) is 7.88. The lowest BCUT2D eigenvalue weighted by Crippen LogP contribution is -2.44. The molecule has 152 valence electrons. The van der Waals surface area contributed by atoms with Gasteiger partial charge in [-0.2, -0.15) is 0 Å². The van der Waals surface area contributed by atoms with E-state index in [1.807, 2.05) is 0 Å². The van der Waals surface area contributed by atoms with Crippen LogP contribution >= 0.6 is 0 Å². The fourth-order valence-corrected chi connectivity index (χ4v) is 4.01. The lowest BCUT2D eigenvalue weighted by atomic mass is 9.79. The molecule has 1 N–H and O–H groups in total. The van der Waals surface area contributed by atoms with Gasteiger partial charge in [-0.25, -0.2) is 9.78 Å². The number of carboxylic acids is 1. The Morgan fingerprint density at radius 2 is 2.00 bits per heavy atom. The highest BCUT2D eigenvalue weighted by Gasteiger charge is 2.41. The normalized spacial score (nSPS) is 28.1. The van der Waals surface area contributed by atoms with E-state index >= 15 is 0 Å². The quantitative estimate of drug-likeness (QED) is 0.324. The van der Waals surface area contributed by atoms with Crippen molar-refractivity contribution in [1.29, 1.82) is 0 Å². The molecule has 1 rings (SSSR count). The third kappa shape index (κ3) is 7.03. The van der Waals surface area contributed by atoms with E-state index in [1.165, 1.54) is 31.3 Å². The standard InChI is InChI=1S/C22H40O4/c1-6-11-12-17(7-2)13-18(8-3)15-22(10-5)16-19(9-4)20(25-26-22)14-21(23)24/h15,17,19-20H,6-14,16H2,1-5H3,(H,23,24)/t17?,19-,20-,22-/m1/s1. The molecule has 1 aliphatic rings. The van der Waals surface area contributed by atoms with Crippen molar-refractivity contribution in [3.05, 3.63) is 11.6 Å². The number of hydrogen-bond donors (Lipinski definition) is 1. The minimum atomic E-state index is -0.826. The van der Waals surface area contributed by atoms with Gasteiger partial charge in [0.25, 0.3) is 0 Å². The van der Waals surface area contributed by atoms with Crippen LogP contribution in [0.4, 0.5) is 0 Å². The summed E-state index contributed by atoms with van der Waals surface area (Å²) in [5, 5.41) is 9.10. The van der Waals surface area contributed by atoms with E-state index in [0.717, 1.165) is 38.0 Å². The van der Waals surface area contributed by atoms with Crippen LogP contribution in [-0.4, -0.2) is 22.8 Å². The maximum atomic E-state index is 11.1. The summed E-state index contributed by atoms with van der Waals surface area (Å²) in [6, 6.07) is 0. The van der Waals surface area contributed by atoms with Crippen LogP contribution in [-0.2, 0) is 14.6 Å². The van der Waals surface area contributed by atoms with Gasteiger partial charge < -0.3 is 5.11 Å². The van der Waals surface area contributed by atoms with Crippen molar-refractivity contribution in [1.82, 2.24) is 0 Å². The predicted molar refractivity (Wildman–Crippen MR) is 106 cm³/mol. The van der Waals surface area contributed by atoms with E-state index in [-0.39, 0.29) is 18.4 Å². The highest BCUT2D eigenvalue weighted by molar-refractivity contribution is 5.67. The van der Waals surface area contributed by atoms with Crippen LogP contribution < -0.4 is 0 Å². The number of unbranched alkanes of at least 4 members (excludes halogenated alkanes) is 1. The van der Waals surface area contributed by atoms with Crippen molar-refractivity contribution in [3.63, 3.8) is 0 Å². The van der Waals surface area contributed by atoms with E-state index in [9.17, 15) is 4.79 Å². The third-order valence-electron chi connectivity index (χ3n) is 5.99. The summed E-state index contributed by atoms with van der Waals surface area (Å²) < 4.78 is 0. The molecule has 1 fully saturated rings. The van der Waals surface area contributed by atoms with Crippen molar-refractivity contribution in [2.24, 2.45) is 11.8 Å². The van der Waals surface area contributed by atoms with Crippen LogP contribution in [0.1, 0.15) is 98.8 Å². The van der Waals surface area contributed by atoms with Gasteiger partial charge in [-0.1, -0.05) is 78.4 Å². The first-order valence-electron chi connectivity index (χ1n) is 10.7. The molecule has 0 aromatic carbocycles. The Kier molecular flexibility index (Phi) is 10.5. The van der Waals surface area contributed by atoms with Crippen LogP contribution in [0.25, 0.3) is 0 Å². The lowest BCUT2D eigenvalue weighted by Gasteiger charge is -2.41. The molecular formula is C22H40O4. The van der Waals surface area contributed by atoms with Gasteiger partial charge in [-0.15, -0.1) is 0 Å². The average molecular weight is 369 g/mol. The molecule has 1 aliphatic heterocycles. The van der Waals surface area contributed by atoms with Gasteiger partial charge in [0, 0.05) is 0 Å². The number of aliphatic carboxylic acids is 1. The van der Waals surface area contributed by atoms with Gasteiger partial charge >= 0.3 is 5.97 Å². The molecule has 0 radical (unpaired) electrons. The van der Waals surface area contributed by atoms with Crippen molar-refractivity contribution in [2.45, 2.75) is 111 Å². The van der Waals surface area contributed by atoms with E-state index in [0.29, 0.717) is 0 Å². The molecule has 0 amide bonds. The molecule has 0 saturated carbocycles. The molecule has 4 atom stereocenters. The Bertz CT molecular complexity index is 445. The molecule has 0 bridgehead atoms. The number of hydrogen-bond acceptors (Lipinski definition) is 3. The van der Waals surface area contributed by atoms with Crippen LogP contribution in [0, 0.1) is 11.8 Å². The summed E-state index contributed by atoms with van der Waals surface area (Å²) in [6.45, 7) is 11.0. The summed E-state index contributed by atoms with van der Waals surface area (Å²) >= 11 is 0. The van der Waals surface area contributed by atoms with Crippen LogP contribution in [0.15, 0.2) is 11.6 Å². The molecule has 0 aromatic heterocycles. The van der Waals surface area contributed by atoms with Gasteiger partial charge in [-0.05, 0) is 37.5 Å². The molecule has 1 heterocycles. The van der Waals surface area contributed by atoms with E-state index in [1.54, 1.807) is 0 Å². The highest BCUT2D eigenvalue weighted by atomic mass is 17.2. The SMILES string of the molecule is CCCCC(CC)CC(=C[C@]1(CC)C[C@@H](CC)[C@@H](CC(=O)O)OO1)CC. The third-order valence-corrected chi connectivity index (χ3v) is 5.99. The van der Waals surface area contributed by atoms with Crippen molar-refractivity contribution in [2.75, 3.05) is 0 Å². The Morgan fingerprint density at radius 3 is 2.50 bits per heavy atom. The molecular weight excluding hydrogens is 328 g/mol. The van der Waals surface area contributed by atoms with Crippen molar-refractivity contribution < 1.29 is 19.7 Å². The van der Waals surface area contributed by atoms with Gasteiger partial charge in [-0.3, -0.25) is 4.79 Å². The average Bonchev–Trinajstić information content (AvgIpc) is 2.65. The Morgan fingerprint density at radius 1 is 1.27 bits per heavy atom. The van der Waals surface area contributed by atoms with Crippen LogP contribution in [0.2, 0.25) is 0 Å². The molecule has 0 spiro atoms. The van der Waals surface area contributed by atoms with Crippen LogP contribution in [0.3, 0.4) is 0 Å². The van der Waals surface area contributed by atoms with Gasteiger partial charge in [0.1, 0.15) is 11.7 Å². The van der Waals surface area contributed by atoms with Crippen LogP contribution in [0.5, 0.6) is 0 Å². The number of carbonyl (C=O) groups is 1. The lowest BCUT2D eigenvalue weighted by molar-refractivity contribution is -0.409. The van der Waals surface area contributed by atoms with Gasteiger partial charge in [0.2, 0.25) is 0 Å². The van der Waals surface area contributed by atoms with Crippen molar-refractivity contribution >= 4 is 5.97 Å². The van der Waals surface area contributed by atoms with E-state index < -0.39 is 11.6 Å². The zero-order valence-corrected chi connectivity index (χ0v) is 17.6. The Balaban J connectivity index is 2.89. The molecule has 4 nitrogen and oxygen atoms in total. The molecule has 0 aromatic rings. The Labute approximate surface area is 160 Å². The largest absolute Gasteiger partial charge is 0.481 e. The zero-order valence-electron chi connectivity index (χ0n) is 17.6. The first kappa shape index (κ1) is 23.2. The summed E-state index contributed by atoms with van der Waals surface area (Å²) in [5.74, 6) is 0.130. The molecule has 26 heavy (non-hydrogen) atoms. The monoisotopic (exact) mass is 368 g/mol. The second kappa shape index (κ2) is 11.8. The minimum absolute atomic E-state index is 0.0115. The zero-order chi connectivity index (χ0) is 19.6. The smallest absolute Gasteiger partial charge is 0.306 e. The maximum absolute atomic E-state index is 11.1. The van der Waals surface area contributed by atoms with Crippen molar-refractivity contribution in [3.8, 4) is 0 Å². The van der Waals surface area contributed by atoms with Gasteiger partial charge in [0.05, 0.1) is 6.42 Å². The fourth-order valence-electron chi connectivity index (χ4n) is 4.01. The van der Waals surface area contributed by atoms with E-state index in [2.05, 4.69) is 40.7 Å². The number of rotatable bonds is 12. The number of carboxylic acid groups (broad SMARTS) is 1. The summed E-state index contributed by atoms with van der Waals surface area (Å²) in [6.07, 6.45) is 11.8. The Hall–Kier alpha value is -0.870. The topological polar surface area (TPSA) is 55.8 Å². The molecule has 1 unspecified atom stereocenters. The number of allylic oxidation sites excluding steroid dienone is 1. The highest BCUT2D eigenvalue weighted by Crippen LogP contribution is 2.39. The van der Waals surface area contributed by atoms with E-state index in [4.69, 9.17) is 14.9 Å². The summed E-state index contributed by atoms with van der Waals surface area (Å²) in [7, 11) is 0. The maximum Gasteiger partial charge on any atom is 0.306 e. The minimum Gasteiger partial charge on any atom is -0.481 e. The predicted octanol–water partition coefficient (Wildman–Crippen LogP) is 6.30. The second-order valence-corrected chi connectivity index (χ2v) is 7.88. The summed E-state index contributed by atoms with van der Waals surface area (Å²) in [4.78, 5) is 22.5. The molecule has 0 aliphatic carbocycles. The molecule has 4 heteroatoms. The summed E-state index contributed by atoms with van der Waals surface area (Å²) in [5.41, 5.74) is 1.04.